The molecular formula is C34H43N3O8. The molecule has 0 aliphatic carbocycles. The van der Waals surface area contributed by atoms with Gasteiger partial charge in [0.05, 0.1) is 5.69 Å². The lowest BCUT2D eigenvalue weighted by molar-refractivity contribution is -0.137. The Morgan fingerprint density at radius 3 is 2.51 bits per heavy atom. The fourth-order valence-electron chi connectivity index (χ4n) is 5.79. The molecule has 0 bridgehead atoms. The Morgan fingerprint density at radius 1 is 1.07 bits per heavy atom. The third-order valence-corrected chi connectivity index (χ3v) is 8.17. The molecule has 0 spiro atoms. The molecule has 1 fully saturated rings. The lowest BCUT2D eigenvalue weighted by atomic mass is 9.87. The molecule has 2 aromatic rings. The monoisotopic (exact) mass is 621 g/mol. The number of anilines is 1. The van der Waals surface area contributed by atoms with Crippen molar-refractivity contribution < 1.29 is 38.5 Å². The molecule has 2 atom stereocenters. The zero-order valence-corrected chi connectivity index (χ0v) is 25.8. The number of benzene rings is 2. The van der Waals surface area contributed by atoms with E-state index in [9.17, 15) is 24.3 Å². The fraction of sp³-hybridized carbons (Fsp3) is 0.500. The van der Waals surface area contributed by atoms with Gasteiger partial charge in [-0.2, -0.15) is 0 Å². The van der Waals surface area contributed by atoms with Crippen LogP contribution in [0.2, 0.25) is 0 Å². The van der Waals surface area contributed by atoms with Crippen molar-refractivity contribution in [1.29, 1.82) is 0 Å². The quantitative estimate of drug-likeness (QED) is 0.167. The molecule has 11 nitrogen and oxygen atoms in total. The molecule has 2 aliphatic heterocycles. The molecule has 0 saturated carbocycles. The van der Waals surface area contributed by atoms with Gasteiger partial charge in [0.15, 0.2) is 0 Å². The molecule has 4 rings (SSSR count). The number of hydrogen-bond donors (Lipinski definition) is 2. The van der Waals surface area contributed by atoms with E-state index in [2.05, 4.69) is 11.3 Å². The zero-order valence-electron chi connectivity index (χ0n) is 25.8. The van der Waals surface area contributed by atoms with Crippen molar-refractivity contribution in [1.82, 2.24) is 10.2 Å². The Balaban J connectivity index is 1.19. The van der Waals surface area contributed by atoms with Gasteiger partial charge >= 0.3 is 12.1 Å². The molecule has 2 aliphatic rings. The summed E-state index contributed by atoms with van der Waals surface area (Å²) in [6.45, 7) is 3.22. The van der Waals surface area contributed by atoms with Crippen LogP contribution in [-0.2, 0) is 30.5 Å². The van der Waals surface area contributed by atoms with Crippen LogP contribution in [0.3, 0.4) is 0 Å². The van der Waals surface area contributed by atoms with Gasteiger partial charge in [0, 0.05) is 25.3 Å². The van der Waals surface area contributed by atoms with Crippen molar-refractivity contribution in [2.75, 3.05) is 37.7 Å². The predicted octanol–water partition coefficient (Wildman–Crippen LogP) is 4.57. The summed E-state index contributed by atoms with van der Waals surface area (Å²) in [5.41, 5.74) is 2.14. The van der Waals surface area contributed by atoms with E-state index in [1.165, 1.54) is 4.90 Å². The highest BCUT2D eigenvalue weighted by Crippen LogP contribution is 2.31. The van der Waals surface area contributed by atoms with E-state index in [1.54, 1.807) is 29.2 Å². The highest BCUT2D eigenvalue weighted by Gasteiger charge is 2.34. The molecule has 0 unspecified atom stereocenters. The summed E-state index contributed by atoms with van der Waals surface area (Å²) in [6, 6.07) is 15.7. The maximum atomic E-state index is 13.4. The summed E-state index contributed by atoms with van der Waals surface area (Å²) < 4.78 is 17.2. The van der Waals surface area contributed by atoms with Crippen molar-refractivity contribution in [2.45, 2.75) is 70.7 Å². The Hall–Kier alpha value is -4.18. The first kappa shape index (κ1) is 33.7. The molecule has 2 amide bonds. The van der Waals surface area contributed by atoms with E-state index in [1.807, 2.05) is 37.3 Å². The van der Waals surface area contributed by atoms with E-state index < -0.39 is 24.8 Å². The Kier molecular flexibility index (Phi) is 13.0. The van der Waals surface area contributed by atoms with Crippen LogP contribution in [0.4, 0.5) is 10.5 Å². The smallest absolute Gasteiger partial charge is 0.410 e. The van der Waals surface area contributed by atoms with Gasteiger partial charge in [0.1, 0.15) is 43.7 Å². The van der Waals surface area contributed by atoms with Gasteiger partial charge in [-0.25, -0.2) is 9.59 Å². The number of fused-ring (bicyclic) bond motifs is 1. The molecule has 2 N–H and O–H groups in total. The number of carboxylic acids is 1. The summed E-state index contributed by atoms with van der Waals surface area (Å²) in [6.07, 6.45) is 4.42. The van der Waals surface area contributed by atoms with E-state index in [0.29, 0.717) is 56.8 Å². The first-order chi connectivity index (χ1) is 21.9. The number of para-hydroxylation sites is 2. The van der Waals surface area contributed by atoms with Crippen LogP contribution >= 0.6 is 0 Å². The van der Waals surface area contributed by atoms with Gasteiger partial charge in [-0.15, -0.1) is 0 Å². The number of rotatable bonds is 15. The molecule has 0 aromatic heterocycles. The number of carbonyl (C=O) groups excluding carboxylic acids is 3. The molecule has 45 heavy (non-hydrogen) atoms. The van der Waals surface area contributed by atoms with Gasteiger partial charge in [0.25, 0.3) is 0 Å². The third kappa shape index (κ3) is 9.91. The number of carboxylic acid groups (broad SMARTS) is 1. The average molecular weight is 622 g/mol. The number of hydrogen-bond acceptors (Lipinski definition) is 8. The second-order valence-corrected chi connectivity index (χ2v) is 11.3. The third-order valence-electron chi connectivity index (χ3n) is 8.17. The maximum Gasteiger partial charge on any atom is 0.410 e. The van der Waals surface area contributed by atoms with Gasteiger partial charge < -0.3 is 24.2 Å². The van der Waals surface area contributed by atoms with E-state index in [4.69, 9.17) is 14.2 Å². The summed E-state index contributed by atoms with van der Waals surface area (Å²) in [7, 11) is 0. The van der Waals surface area contributed by atoms with Crippen molar-refractivity contribution in [2.24, 2.45) is 5.92 Å². The Bertz CT molecular complexity index is 1320. The summed E-state index contributed by atoms with van der Waals surface area (Å²) in [5.74, 6) is 1.23. The number of allylic oxidation sites excluding steroid dienone is 1. The van der Waals surface area contributed by atoms with Gasteiger partial charge in [-0.1, -0.05) is 48.9 Å². The first-order valence-corrected chi connectivity index (χ1v) is 15.7. The van der Waals surface area contributed by atoms with Crippen LogP contribution in [0, 0.1) is 5.92 Å². The van der Waals surface area contributed by atoms with E-state index in [-0.39, 0.29) is 31.1 Å². The van der Waals surface area contributed by atoms with Crippen molar-refractivity contribution >= 4 is 29.6 Å². The van der Waals surface area contributed by atoms with E-state index in [0.717, 1.165) is 30.4 Å². The highest BCUT2D eigenvalue weighted by molar-refractivity contribution is 6.02. The topological polar surface area (TPSA) is 135 Å². The zero-order chi connectivity index (χ0) is 32.0. The largest absolute Gasteiger partial charge is 0.489 e. The minimum Gasteiger partial charge on any atom is -0.489 e. The second-order valence-electron chi connectivity index (χ2n) is 11.3. The van der Waals surface area contributed by atoms with Crippen LogP contribution in [-0.4, -0.2) is 79.0 Å². The molecule has 2 heterocycles. The second kappa shape index (κ2) is 17.3. The fourth-order valence-corrected chi connectivity index (χ4v) is 5.79. The molecule has 11 heteroatoms. The lowest BCUT2D eigenvalue weighted by Crippen LogP contribution is -2.53. The molecule has 0 radical (unpaired) electrons. The number of likely N-dealkylation sites (tertiary alicyclic amines) is 1. The maximum absolute atomic E-state index is 13.4. The SMILES string of the molecule is CCO[C@@H](CCCCCC(=C=O)C1CCN(C(=O)OCc2ccccc2)CC1)N[C@H]1COc2ccccc2N(CC(=O)O)C1=O. The van der Waals surface area contributed by atoms with Gasteiger partial charge in [-0.3, -0.25) is 19.8 Å². The number of nitrogens with one attached hydrogen (secondary N) is 1. The number of carbonyl (C=O) groups is 3. The Labute approximate surface area is 264 Å². The van der Waals surface area contributed by atoms with Crippen LogP contribution < -0.4 is 15.0 Å². The normalized spacial score (nSPS) is 17.4. The van der Waals surface area contributed by atoms with Crippen LogP contribution in [0.1, 0.15) is 57.4 Å². The number of piperidine rings is 1. The average Bonchev–Trinajstić information content (AvgIpc) is 3.18. The first-order valence-electron chi connectivity index (χ1n) is 15.7. The van der Waals surface area contributed by atoms with Crippen molar-refractivity contribution in [3.63, 3.8) is 0 Å². The molecule has 1 saturated heterocycles. The summed E-state index contributed by atoms with van der Waals surface area (Å²) >= 11 is 0. The number of ether oxygens (including phenoxy) is 3. The molecular weight excluding hydrogens is 578 g/mol. The summed E-state index contributed by atoms with van der Waals surface area (Å²) in [5, 5.41) is 12.7. The van der Waals surface area contributed by atoms with Gasteiger partial charge in [0.2, 0.25) is 5.91 Å². The summed E-state index contributed by atoms with van der Waals surface area (Å²) in [4.78, 5) is 52.1. The lowest BCUT2D eigenvalue weighted by Gasteiger charge is -2.31. The Morgan fingerprint density at radius 2 is 1.80 bits per heavy atom. The predicted molar refractivity (Wildman–Crippen MR) is 167 cm³/mol. The van der Waals surface area contributed by atoms with Crippen LogP contribution in [0.5, 0.6) is 5.75 Å². The molecule has 2 aromatic carbocycles. The van der Waals surface area contributed by atoms with Crippen LogP contribution in [0.25, 0.3) is 0 Å². The van der Waals surface area contributed by atoms with E-state index >= 15 is 0 Å². The number of amides is 2. The highest BCUT2D eigenvalue weighted by atomic mass is 16.6. The number of aliphatic carboxylic acids is 1. The van der Waals surface area contributed by atoms with Crippen molar-refractivity contribution in [3.8, 4) is 5.75 Å². The standard InChI is InChI=1S/C34H43N3O8/c1-2-43-31(35-28-24-44-30-15-10-9-14-29(30)37(33(28)41)21-32(39)40)16-8-4-7-13-27(22-38)26-17-19-36(20-18-26)34(42)45-23-25-11-5-3-6-12-25/h3,5-6,9-12,14-15,26,28,31,35H,2,4,7-8,13,16-21,23-24H2,1H3,(H,39,40)/t28-,31-/m0/s1. The minimum atomic E-state index is -1.12. The van der Waals surface area contributed by atoms with Crippen molar-refractivity contribution in [3.05, 3.63) is 65.7 Å². The number of nitrogens with zero attached hydrogens (tertiary/aromatic N) is 2. The van der Waals surface area contributed by atoms with Crippen LogP contribution in [0.15, 0.2) is 60.2 Å². The molecule has 242 valence electrons. The van der Waals surface area contributed by atoms with Gasteiger partial charge in [-0.05, 0) is 69.1 Å². The minimum absolute atomic E-state index is 0.0482. The number of unbranched alkanes of at least 4 members (excludes halogenated alkanes) is 2.